The molecule has 0 bridgehead atoms. The van der Waals surface area contributed by atoms with Gasteiger partial charge in [-0.1, -0.05) is 23.6 Å². The van der Waals surface area contributed by atoms with Crippen LogP contribution < -0.4 is 14.8 Å². The Kier molecular flexibility index (Phi) is 5.51. The maximum absolute atomic E-state index is 12.4. The van der Waals surface area contributed by atoms with E-state index in [1.165, 1.54) is 13.2 Å². The number of amides is 1. The number of hydrogen-bond donors (Lipinski definition) is 1. The Morgan fingerprint density at radius 1 is 1.35 bits per heavy atom. The Labute approximate surface area is 140 Å². The first-order valence-electron chi connectivity index (χ1n) is 6.97. The number of ether oxygens (including phenoxy) is 2. The fraction of sp³-hybridized carbons (Fsp3) is 0.167. The van der Waals surface area contributed by atoms with E-state index in [-0.39, 0.29) is 5.91 Å². The zero-order valence-electron chi connectivity index (χ0n) is 12.9. The van der Waals surface area contributed by atoms with Crippen LogP contribution in [0, 0.1) is 12.3 Å². The highest BCUT2D eigenvalue weighted by atomic mass is 35.5. The van der Waals surface area contributed by atoms with Crippen LogP contribution in [0.4, 0.5) is 5.69 Å². The molecule has 0 heterocycles. The first-order chi connectivity index (χ1) is 11.1. The first-order valence-corrected chi connectivity index (χ1v) is 7.35. The maximum atomic E-state index is 12.4. The summed E-state index contributed by atoms with van der Waals surface area (Å²) in [5, 5.41) is 3.09. The van der Waals surface area contributed by atoms with Crippen LogP contribution in [-0.4, -0.2) is 19.6 Å². The number of terminal acetylenes is 1. The van der Waals surface area contributed by atoms with E-state index >= 15 is 0 Å². The normalized spacial score (nSPS) is 9.83. The third-order valence-electron chi connectivity index (χ3n) is 3.07. The van der Waals surface area contributed by atoms with Gasteiger partial charge in [-0.05, 0) is 37.3 Å². The van der Waals surface area contributed by atoms with Gasteiger partial charge in [-0.3, -0.25) is 4.79 Å². The molecule has 0 atom stereocenters. The lowest BCUT2D eigenvalue weighted by atomic mass is 10.1. The Balaban J connectivity index is 2.29. The quantitative estimate of drug-likeness (QED) is 0.844. The van der Waals surface area contributed by atoms with E-state index in [0.717, 1.165) is 0 Å². The molecule has 0 fully saturated rings. The Morgan fingerprint density at radius 2 is 2.13 bits per heavy atom. The molecule has 1 amide bonds. The summed E-state index contributed by atoms with van der Waals surface area (Å²) in [7, 11) is 1.49. The van der Waals surface area contributed by atoms with Gasteiger partial charge in [-0.2, -0.15) is 0 Å². The number of carbonyl (C=O) groups excluding carboxylic acids is 1. The van der Waals surface area contributed by atoms with Crippen molar-refractivity contribution in [1.82, 2.24) is 0 Å². The van der Waals surface area contributed by atoms with Gasteiger partial charge in [0.2, 0.25) is 0 Å². The summed E-state index contributed by atoms with van der Waals surface area (Å²) in [6.07, 6.45) is 5.35. The molecule has 118 valence electrons. The van der Waals surface area contributed by atoms with Gasteiger partial charge < -0.3 is 14.8 Å². The third-order valence-corrected chi connectivity index (χ3v) is 3.35. The van der Waals surface area contributed by atoms with Crippen LogP contribution in [0.15, 0.2) is 36.4 Å². The Hall–Kier alpha value is -2.64. The second-order valence-corrected chi connectivity index (χ2v) is 5.01. The van der Waals surface area contributed by atoms with Crippen LogP contribution in [-0.2, 0) is 0 Å². The van der Waals surface area contributed by atoms with Crippen LogP contribution in [0.5, 0.6) is 11.5 Å². The second kappa shape index (κ2) is 7.57. The Bertz CT molecular complexity index is 765. The predicted octanol–water partition coefficient (Wildman–Crippen LogP) is 3.98. The summed E-state index contributed by atoms with van der Waals surface area (Å²) >= 11 is 6.18. The van der Waals surface area contributed by atoms with Gasteiger partial charge in [-0.15, -0.1) is 6.42 Å². The number of nitrogens with one attached hydrogen (secondary N) is 1. The van der Waals surface area contributed by atoms with Gasteiger partial charge in [0.15, 0.2) is 11.5 Å². The lowest BCUT2D eigenvalue weighted by molar-refractivity contribution is 0.102. The van der Waals surface area contributed by atoms with Crippen LogP contribution in [0.3, 0.4) is 0 Å². The summed E-state index contributed by atoms with van der Waals surface area (Å²) in [4.78, 5) is 12.4. The van der Waals surface area contributed by atoms with Gasteiger partial charge in [0.05, 0.1) is 18.7 Å². The average molecular weight is 330 g/mol. The second-order valence-electron chi connectivity index (χ2n) is 4.60. The van der Waals surface area contributed by atoms with Crippen LogP contribution in [0.1, 0.15) is 22.8 Å². The molecule has 0 radical (unpaired) electrons. The molecule has 2 aromatic rings. The Morgan fingerprint density at radius 3 is 2.78 bits per heavy atom. The summed E-state index contributed by atoms with van der Waals surface area (Å²) < 4.78 is 10.7. The number of halogens is 1. The molecule has 23 heavy (non-hydrogen) atoms. The highest BCUT2D eigenvalue weighted by Crippen LogP contribution is 2.36. The van der Waals surface area contributed by atoms with Crippen LogP contribution in [0.2, 0.25) is 5.02 Å². The topological polar surface area (TPSA) is 47.6 Å². The number of benzene rings is 2. The predicted molar refractivity (Wildman–Crippen MR) is 91.5 cm³/mol. The summed E-state index contributed by atoms with van der Waals surface area (Å²) in [5.74, 6) is 3.03. The van der Waals surface area contributed by atoms with Crippen molar-refractivity contribution in [3.8, 4) is 23.8 Å². The smallest absolute Gasteiger partial charge is 0.255 e. The lowest BCUT2D eigenvalue weighted by Crippen LogP contribution is -2.12. The van der Waals surface area contributed by atoms with Crippen molar-refractivity contribution in [3.05, 3.63) is 52.5 Å². The number of carbonyl (C=O) groups is 1. The van der Waals surface area contributed by atoms with E-state index in [4.69, 9.17) is 27.5 Å². The van der Waals surface area contributed by atoms with E-state index in [0.29, 0.717) is 39.9 Å². The standard InChI is InChI=1S/C18H16ClNO3/c1-4-12-7-6-8-14(9-12)20-18(21)13-10-15(19)17(23-5-2)16(11-13)22-3/h1,6-11H,5H2,2-3H3,(H,20,21). The fourth-order valence-electron chi connectivity index (χ4n) is 2.03. The molecule has 0 aliphatic carbocycles. The fourth-order valence-corrected chi connectivity index (χ4v) is 2.29. The van der Waals surface area contributed by atoms with E-state index < -0.39 is 0 Å². The maximum Gasteiger partial charge on any atom is 0.255 e. The van der Waals surface area contributed by atoms with Crippen LogP contribution >= 0.6 is 11.6 Å². The number of rotatable bonds is 5. The van der Waals surface area contributed by atoms with E-state index in [1.54, 1.807) is 30.3 Å². The highest BCUT2D eigenvalue weighted by molar-refractivity contribution is 6.32. The average Bonchev–Trinajstić information content (AvgIpc) is 2.56. The minimum Gasteiger partial charge on any atom is -0.493 e. The van der Waals surface area contributed by atoms with E-state index in [1.807, 2.05) is 6.92 Å². The molecular weight excluding hydrogens is 314 g/mol. The molecule has 0 aliphatic rings. The number of hydrogen-bond acceptors (Lipinski definition) is 3. The van der Waals surface area contributed by atoms with Gasteiger partial charge in [-0.25, -0.2) is 0 Å². The van der Waals surface area contributed by atoms with Crippen molar-refractivity contribution in [2.24, 2.45) is 0 Å². The number of methoxy groups -OCH3 is 1. The zero-order valence-corrected chi connectivity index (χ0v) is 13.6. The highest BCUT2D eigenvalue weighted by Gasteiger charge is 2.16. The summed E-state index contributed by atoms with van der Waals surface area (Å²) in [6.45, 7) is 2.29. The third kappa shape index (κ3) is 3.97. The molecule has 2 aromatic carbocycles. The summed E-state index contributed by atoms with van der Waals surface area (Å²) in [6, 6.07) is 10.1. The molecule has 0 saturated carbocycles. The zero-order chi connectivity index (χ0) is 16.8. The van der Waals surface area contributed by atoms with Gasteiger partial charge in [0.1, 0.15) is 0 Å². The van der Waals surface area contributed by atoms with Gasteiger partial charge in [0.25, 0.3) is 5.91 Å². The SMILES string of the molecule is C#Cc1cccc(NC(=O)c2cc(Cl)c(OCC)c(OC)c2)c1. The minimum atomic E-state index is -0.317. The van der Waals surface area contributed by atoms with Crippen molar-refractivity contribution >= 4 is 23.2 Å². The van der Waals surface area contributed by atoms with Crippen molar-refractivity contribution < 1.29 is 14.3 Å². The molecule has 5 heteroatoms. The molecule has 1 N–H and O–H groups in total. The molecule has 0 spiro atoms. The molecular formula is C18H16ClNO3. The van der Waals surface area contributed by atoms with E-state index in [2.05, 4.69) is 11.2 Å². The van der Waals surface area contributed by atoms with E-state index in [9.17, 15) is 4.79 Å². The van der Waals surface area contributed by atoms with Crippen molar-refractivity contribution in [3.63, 3.8) is 0 Å². The molecule has 0 saturated heterocycles. The van der Waals surface area contributed by atoms with Gasteiger partial charge in [0, 0.05) is 16.8 Å². The van der Waals surface area contributed by atoms with Crippen molar-refractivity contribution in [2.75, 3.05) is 19.0 Å². The molecule has 0 aromatic heterocycles. The van der Waals surface area contributed by atoms with Crippen molar-refractivity contribution in [1.29, 1.82) is 0 Å². The first kappa shape index (κ1) is 16.7. The van der Waals surface area contributed by atoms with Crippen LogP contribution in [0.25, 0.3) is 0 Å². The lowest BCUT2D eigenvalue weighted by Gasteiger charge is -2.13. The molecule has 2 rings (SSSR count). The molecule has 4 nitrogen and oxygen atoms in total. The van der Waals surface area contributed by atoms with Gasteiger partial charge >= 0.3 is 0 Å². The molecule has 0 aliphatic heterocycles. The monoisotopic (exact) mass is 329 g/mol. The minimum absolute atomic E-state index is 0.314. The molecule has 0 unspecified atom stereocenters. The largest absolute Gasteiger partial charge is 0.493 e. The van der Waals surface area contributed by atoms with Crippen molar-refractivity contribution in [2.45, 2.75) is 6.92 Å². The number of anilines is 1. The summed E-state index contributed by atoms with van der Waals surface area (Å²) in [5.41, 5.74) is 1.65.